The molecule has 4 nitrogen and oxygen atoms in total. The molecule has 0 radical (unpaired) electrons. The van der Waals surface area contributed by atoms with Crippen LogP contribution in [0.3, 0.4) is 0 Å². The summed E-state index contributed by atoms with van der Waals surface area (Å²) in [5.41, 5.74) is 1.01. The second kappa shape index (κ2) is 6.39. The molecule has 0 bridgehead atoms. The molecule has 0 aliphatic carbocycles. The lowest BCUT2D eigenvalue weighted by molar-refractivity contribution is 0.414. The van der Waals surface area contributed by atoms with Gasteiger partial charge in [-0.2, -0.15) is 5.10 Å². The standard InChI is InChI=1S/C17H24N4/c1-3-10-18-14-8-11-21(12-9-14)17-16-7-5-4-6-15(16)13(2)19-20-17/h4-7,14,18H,3,8-12H2,1-2H3. The van der Waals surface area contributed by atoms with Crippen LogP contribution in [0.4, 0.5) is 5.82 Å². The predicted molar refractivity (Wildman–Crippen MR) is 87.8 cm³/mol. The molecule has 1 aliphatic heterocycles. The molecule has 0 unspecified atom stereocenters. The quantitative estimate of drug-likeness (QED) is 0.937. The summed E-state index contributed by atoms with van der Waals surface area (Å²) in [6.45, 7) is 7.49. The van der Waals surface area contributed by atoms with Crippen molar-refractivity contribution in [1.29, 1.82) is 0 Å². The van der Waals surface area contributed by atoms with E-state index in [0.29, 0.717) is 6.04 Å². The van der Waals surface area contributed by atoms with E-state index in [1.165, 1.54) is 30.0 Å². The largest absolute Gasteiger partial charge is 0.354 e. The zero-order valence-corrected chi connectivity index (χ0v) is 13.0. The Morgan fingerprint density at radius 2 is 1.86 bits per heavy atom. The molecular weight excluding hydrogens is 260 g/mol. The zero-order chi connectivity index (χ0) is 14.7. The Balaban J connectivity index is 1.78. The van der Waals surface area contributed by atoms with Crippen LogP contribution in [0.5, 0.6) is 0 Å². The van der Waals surface area contributed by atoms with E-state index in [1.807, 2.05) is 6.92 Å². The molecule has 4 heteroatoms. The lowest BCUT2D eigenvalue weighted by Crippen LogP contribution is -2.43. The van der Waals surface area contributed by atoms with Crippen LogP contribution < -0.4 is 10.2 Å². The fraction of sp³-hybridized carbons (Fsp3) is 0.529. The Hall–Kier alpha value is -1.68. The molecule has 1 aromatic heterocycles. The minimum absolute atomic E-state index is 0.658. The van der Waals surface area contributed by atoms with E-state index < -0.39 is 0 Å². The number of anilines is 1. The Labute approximate surface area is 126 Å². The highest BCUT2D eigenvalue weighted by Gasteiger charge is 2.21. The molecule has 21 heavy (non-hydrogen) atoms. The number of aryl methyl sites for hydroxylation is 1. The van der Waals surface area contributed by atoms with Crippen LogP contribution in [0.2, 0.25) is 0 Å². The fourth-order valence-electron chi connectivity index (χ4n) is 3.10. The summed E-state index contributed by atoms with van der Waals surface area (Å²) >= 11 is 0. The molecule has 1 N–H and O–H groups in total. The number of benzene rings is 1. The SMILES string of the molecule is CCCNC1CCN(c2nnc(C)c3ccccc23)CC1. The summed E-state index contributed by atoms with van der Waals surface area (Å²) in [5.74, 6) is 1.05. The van der Waals surface area contributed by atoms with E-state index in [2.05, 4.69) is 51.6 Å². The van der Waals surface area contributed by atoms with Gasteiger partial charge in [-0.15, -0.1) is 5.10 Å². The Morgan fingerprint density at radius 1 is 1.14 bits per heavy atom. The zero-order valence-electron chi connectivity index (χ0n) is 13.0. The first kappa shape index (κ1) is 14.3. The molecule has 1 fully saturated rings. The third-order valence-corrected chi connectivity index (χ3v) is 4.33. The average Bonchev–Trinajstić information content (AvgIpc) is 2.54. The number of fused-ring (bicyclic) bond motifs is 1. The molecular formula is C17H24N4. The van der Waals surface area contributed by atoms with Crippen molar-refractivity contribution in [3.8, 4) is 0 Å². The predicted octanol–water partition coefficient (Wildman–Crippen LogP) is 2.91. The molecule has 112 valence electrons. The molecule has 2 heterocycles. The van der Waals surface area contributed by atoms with Gasteiger partial charge in [0.05, 0.1) is 5.69 Å². The van der Waals surface area contributed by atoms with Crippen molar-refractivity contribution >= 4 is 16.6 Å². The van der Waals surface area contributed by atoms with E-state index >= 15 is 0 Å². The molecule has 0 amide bonds. The van der Waals surface area contributed by atoms with Gasteiger partial charge in [0.15, 0.2) is 5.82 Å². The molecule has 1 saturated heterocycles. The molecule has 0 spiro atoms. The van der Waals surface area contributed by atoms with Gasteiger partial charge in [0.1, 0.15) is 0 Å². The third-order valence-electron chi connectivity index (χ3n) is 4.33. The van der Waals surface area contributed by atoms with Gasteiger partial charge in [-0.1, -0.05) is 31.2 Å². The van der Waals surface area contributed by atoms with Crippen LogP contribution >= 0.6 is 0 Å². The summed E-state index contributed by atoms with van der Waals surface area (Å²) in [4.78, 5) is 2.39. The molecule has 3 rings (SSSR count). The number of rotatable bonds is 4. The van der Waals surface area contributed by atoms with Crippen LogP contribution in [-0.4, -0.2) is 35.9 Å². The van der Waals surface area contributed by atoms with Crippen molar-refractivity contribution in [1.82, 2.24) is 15.5 Å². The highest BCUT2D eigenvalue weighted by molar-refractivity contribution is 5.93. The van der Waals surface area contributed by atoms with Crippen molar-refractivity contribution in [2.45, 2.75) is 39.2 Å². The first-order valence-electron chi connectivity index (χ1n) is 8.00. The first-order valence-corrected chi connectivity index (χ1v) is 8.00. The minimum atomic E-state index is 0.658. The third kappa shape index (κ3) is 3.00. The van der Waals surface area contributed by atoms with Crippen LogP contribution in [-0.2, 0) is 0 Å². The van der Waals surface area contributed by atoms with Crippen molar-refractivity contribution in [2.24, 2.45) is 0 Å². The number of nitrogens with zero attached hydrogens (tertiary/aromatic N) is 3. The molecule has 1 aromatic carbocycles. The molecule has 0 saturated carbocycles. The van der Waals surface area contributed by atoms with Crippen molar-refractivity contribution in [3.05, 3.63) is 30.0 Å². The molecule has 2 aromatic rings. The fourth-order valence-corrected chi connectivity index (χ4v) is 3.10. The van der Waals surface area contributed by atoms with Crippen LogP contribution in [0.1, 0.15) is 31.9 Å². The van der Waals surface area contributed by atoms with Gasteiger partial charge in [-0.3, -0.25) is 0 Å². The van der Waals surface area contributed by atoms with E-state index in [0.717, 1.165) is 31.1 Å². The van der Waals surface area contributed by atoms with Gasteiger partial charge in [0, 0.05) is 29.9 Å². The first-order chi connectivity index (χ1) is 10.3. The maximum atomic E-state index is 4.47. The van der Waals surface area contributed by atoms with E-state index in [4.69, 9.17) is 0 Å². The van der Waals surface area contributed by atoms with Crippen LogP contribution in [0.15, 0.2) is 24.3 Å². The summed E-state index contributed by atoms with van der Waals surface area (Å²) in [7, 11) is 0. The highest BCUT2D eigenvalue weighted by Crippen LogP contribution is 2.27. The van der Waals surface area contributed by atoms with Crippen LogP contribution in [0.25, 0.3) is 10.8 Å². The number of piperidine rings is 1. The smallest absolute Gasteiger partial charge is 0.159 e. The summed E-state index contributed by atoms with van der Waals surface area (Å²) in [6, 6.07) is 9.11. The second-order valence-electron chi connectivity index (χ2n) is 5.87. The average molecular weight is 284 g/mol. The topological polar surface area (TPSA) is 41.0 Å². The van der Waals surface area contributed by atoms with Crippen molar-refractivity contribution in [2.75, 3.05) is 24.5 Å². The Bertz CT molecular complexity index is 603. The summed E-state index contributed by atoms with van der Waals surface area (Å²) in [6.07, 6.45) is 3.57. The summed E-state index contributed by atoms with van der Waals surface area (Å²) in [5, 5.41) is 14.9. The normalized spacial score (nSPS) is 16.6. The maximum absolute atomic E-state index is 4.47. The van der Waals surface area contributed by atoms with E-state index in [9.17, 15) is 0 Å². The molecule has 1 aliphatic rings. The van der Waals surface area contributed by atoms with Gasteiger partial charge < -0.3 is 10.2 Å². The number of hydrogen-bond donors (Lipinski definition) is 1. The maximum Gasteiger partial charge on any atom is 0.159 e. The lowest BCUT2D eigenvalue weighted by Gasteiger charge is -2.33. The van der Waals surface area contributed by atoms with Gasteiger partial charge in [-0.05, 0) is 32.7 Å². The monoisotopic (exact) mass is 284 g/mol. The Morgan fingerprint density at radius 3 is 2.57 bits per heavy atom. The van der Waals surface area contributed by atoms with Gasteiger partial charge >= 0.3 is 0 Å². The number of nitrogens with one attached hydrogen (secondary N) is 1. The number of hydrogen-bond acceptors (Lipinski definition) is 4. The Kier molecular flexibility index (Phi) is 4.34. The number of aromatic nitrogens is 2. The van der Waals surface area contributed by atoms with Gasteiger partial charge in [-0.25, -0.2) is 0 Å². The van der Waals surface area contributed by atoms with E-state index in [-0.39, 0.29) is 0 Å². The van der Waals surface area contributed by atoms with Crippen LogP contribution in [0, 0.1) is 6.92 Å². The van der Waals surface area contributed by atoms with Gasteiger partial charge in [0.25, 0.3) is 0 Å². The minimum Gasteiger partial charge on any atom is -0.354 e. The second-order valence-corrected chi connectivity index (χ2v) is 5.87. The van der Waals surface area contributed by atoms with Gasteiger partial charge in [0.2, 0.25) is 0 Å². The molecule has 0 atom stereocenters. The van der Waals surface area contributed by atoms with Crippen molar-refractivity contribution in [3.63, 3.8) is 0 Å². The summed E-state index contributed by atoms with van der Waals surface area (Å²) < 4.78 is 0. The van der Waals surface area contributed by atoms with E-state index in [1.54, 1.807) is 0 Å². The van der Waals surface area contributed by atoms with Crippen molar-refractivity contribution < 1.29 is 0 Å². The lowest BCUT2D eigenvalue weighted by atomic mass is 10.0. The highest BCUT2D eigenvalue weighted by atomic mass is 15.3.